The maximum Gasteiger partial charge on any atom is 0.276 e. The average molecular weight is 355 g/mol. The molecule has 0 saturated heterocycles. The minimum atomic E-state index is -0.458. The second-order valence-electron chi connectivity index (χ2n) is 5.32. The van der Waals surface area contributed by atoms with Gasteiger partial charge in [-0.15, -0.1) is 0 Å². The minimum Gasteiger partial charge on any atom is -0.394 e. The number of aryl methyl sites for hydroxylation is 2. The molecule has 0 aliphatic carbocycles. The highest BCUT2D eigenvalue weighted by Crippen LogP contribution is 2.25. The molecule has 0 saturated carbocycles. The van der Waals surface area contributed by atoms with Crippen LogP contribution < -0.4 is 10.8 Å². The predicted molar refractivity (Wildman–Crippen MR) is 102 cm³/mol. The van der Waals surface area contributed by atoms with E-state index in [1.807, 2.05) is 45.9 Å². The fourth-order valence-electron chi connectivity index (χ4n) is 2.23. The van der Waals surface area contributed by atoms with Gasteiger partial charge < -0.3 is 10.4 Å². The number of nitrogens with zero attached hydrogens (tertiary/aromatic N) is 1. The summed E-state index contributed by atoms with van der Waals surface area (Å²) in [6, 6.07) is 12.7. The SMILES string of the molecule is CC.Cc1ccc(Nc2cc(C#N)ccc2C(=O)NOCCO)c(C)c1. The molecule has 138 valence electrons. The van der Waals surface area contributed by atoms with E-state index in [2.05, 4.69) is 16.9 Å². The van der Waals surface area contributed by atoms with Gasteiger partial charge in [0.25, 0.3) is 5.91 Å². The number of benzene rings is 2. The van der Waals surface area contributed by atoms with Crippen molar-refractivity contribution in [3.05, 3.63) is 58.7 Å². The first-order valence-electron chi connectivity index (χ1n) is 8.46. The number of amides is 1. The fourth-order valence-corrected chi connectivity index (χ4v) is 2.23. The van der Waals surface area contributed by atoms with Gasteiger partial charge >= 0.3 is 0 Å². The van der Waals surface area contributed by atoms with Crippen molar-refractivity contribution in [3.8, 4) is 6.07 Å². The van der Waals surface area contributed by atoms with Gasteiger partial charge in [0.1, 0.15) is 0 Å². The summed E-state index contributed by atoms with van der Waals surface area (Å²) in [7, 11) is 0. The molecule has 0 spiro atoms. The topological polar surface area (TPSA) is 94.4 Å². The monoisotopic (exact) mass is 355 g/mol. The van der Waals surface area contributed by atoms with E-state index in [-0.39, 0.29) is 13.2 Å². The highest BCUT2D eigenvalue weighted by molar-refractivity contribution is 6.00. The molecule has 1 amide bonds. The third kappa shape index (κ3) is 5.88. The second kappa shape index (κ2) is 10.9. The summed E-state index contributed by atoms with van der Waals surface area (Å²) in [6.07, 6.45) is 0. The van der Waals surface area contributed by atoms with Crippen LogP contribution in [-0.4, -0.2) is 24.2 Å². The van der Waals surface area contributed by atoms with Crippen molar-refractivity contribution < 1.29 is 14.7 Å². The van der Waals surface area contributed by atoms with Gasteiger partial charge in [0.15, 0.2) is 0 Å². The molecular weight excluding hydrogens is 330 g/mol. The molecule has 3 N–H and O–H groups in total. The molecule has 0 aromatic heterocycles. The van der Waals surface area contributed by atoms with Crippen molar-refractivity contribution in [3.63, 3.8) is 0 Å². The lowest BCUT2D eigenvalue weighted by Crippen LogP contribution is -2.25. The van der Waals surface area contributed by atoms with Crippen molar-refractivity contribution in [1.82, 2.24) is 5.48 Å². The molecule has 0 fully saturated rings. The van der Waals surface area contributed by atoms with Crippen LogP contribution in [-0.2, 0) is 4.84 Å². The average Bonchev–Trinajstić information content (AvgIpc) is 2.65. The normalized spacial score (nSPS) is 9.54. The molecule has 0 aliphatic rings. The first kappa shape index (κ1) is 21.2. The summed E-state index contributed by atoms with van der Waals surface area (Å²) in [5.41, 5.74) is 6.57. The van der Waals surface area contributed by atoms with Gasteiger partial charge in [0.05, 0.1) is 36.1 Å². The van der Waals surface area contributed by atoms with Crippen LogP contribution in [0.4, 0.5) is 11.4 Å². The summed E-state index contributed by atoms with van der Waals surface area (Å²) < 4.78 is 0. The summed E-state index contributed by atoms with van der Waals surface area (Å²) >= 11 is 0. The number of rotatable bonds is 6. The number of carbonyl (C=O) groups is 1. The van der Waals surface area contributed by atoms with E-state index in [1.165, 1.54) is 0 Å². The number of aliphatic hydroxyl groups is 1. The highest BCUT2D eigenvalue weighted by atomic mass is 16.7. The lowest BCUT2D eigenvalue weighted by atomic mass is 10.1. The van der Waals surface area contributed by atoms with Crippen molar-refractivity contribution in [2.45, 2.75) is 27.7 Å². The second-order valence-corrected chi connectivity index (χ2v) is 5.32. The number of aliphatic hydroxyl groups excluding tert-OH is 1. The minimum absolute atomic E-state index is 0.00184. The Bertz CT molecular complexity index is 782. The lowest BCUT2D eigenvalue weighted by molar-refractivity contribution is 0.0169. The summed E-state index contributed by atoms with van der Waals surface area (Å²) in [5.74, 6) is -0.458. The third-order valence-electron chi connectivity index (χ3n) is 3.40. The Hall–Kier alpha value is -2.88. The maximum atomic E-state index is 12.2. The molecule has 0 bridgehead atoms. The van der Waals surface area contributed by atoms with E-state index in [9.17, 15) is 4.79 Å². The quantitative estimate of drug-likeness (QED) is 0.544. The van der Waals surface area contributed by atoms with E-state index < -0.39 is 5.91 Å². The number of carbonyl (C=O) groups excluding carboxylic acids is 1. The molecule has 0 aliphatic heterocycles. The van der Waals surface area contributed by atoms with Gasteiger partial charge in [0, 0.05) is 5.69 Å². The van der Waals surface area contributed by atoms with E-state index in [1.54, 1.807) is 18.2 Å². The van der Waals surface area contributed by atoms with Crippen molar-refractivity contribution in [1.29, 1.82) is 5.26 Å². The van der Waals surface area contributed by atoms with Crippen LogP contribution in [0.3, 0.4) is 0 Å². The third-order valence-corrected chi connectivity index (χ3v) is 3.40. The molecule has 0 atom stereocenters. The molecule has 2 aromatic rings. The van der Waals surface area contributed by atoms with Crippen LogP contribution in [0.1, 0.15) is 40.9 Å². The molecule has 0 heterocycles. The zero-order valence-electron chi connectivity index (χ0n) is 15.6. The Kier molecular flexibility index (Phi) is 8.85. The number of nitrogens with one attached hydrogen (secondary N) is 2. The van der Waals surface area contributed by atoms with Gasteiger partial charge in [0.2, 0.25) is 0 Å². The van der Waals surface area contributed by atoms with Gasteiger partial charge in [-0.3, -0.25) is 9.63 Å². The van der Waals surface area contributed by atoms with Gasteiger partial charge in [-0.05, 0) is 43.7 Å². The zero-order chi connectivity index (χ0) is 19.5. The summed E-state index contributed by atoms with van der Waals surface area (Å²) in [6.45, 7) is 7.78. The van der Waals surface area contributed by atoms with Gasteiger partial charge in [-0.2, -0.15) is 5.26 Å². The molecule has 0 unspecified atom stereocenters. The Morgan fingerprint density at radius 3 is 2.50 bits per heavy atom. The fraction of sp³-hybridized carbons (Fsp3) is 0.300. The number of hydroxylamine groups is 1. The first-order chi connectivity index (χ1) is 12.5. The number of hydrogen-bond acceptors (Lipinski definition) is 5. The number of anilines is 2. The molecule has 6 heteroatoms. The molecule has 0 radical (unpaired) electrons. The van der Waals surface area contributed by atoms with Crippen LogP contribution in [0.2, 0.25) is 0 Å². The van der Waals surface area contributed by atoms with Crippen molar-refractivity contribution >= 4 is 17.3 Å². The van der Waals surface area contributed by atoms with Crippen molar-refractivity contribution in [2.75, 3.05) is 18.5 Å². The van der Waals surface area contributed by atoms with Crippen molar-refractivity contribution in [2.24, 2.45) is 0 Å². The van der Waals surface area contributed by atoms with Crippen LogP contribution in [0.25, 0.3) is 0 Å². The largest absolute Gasteiger partial charge is 0.394 e. The van der Waals surface area contributed by atoms with Gasteiger partial charge in [-0.1, -0.05) is 31.5 Å². The van der Waals surface area contributed by atoms with Crippen LogP contribution in [0, 0.1) is 25.2 Å². The Morgan fingerprint density at radius 1 is 1.15 bits per heavy atom. The lowest BCUT2D eigenvalue weighted by Gasteiger charge is -2.14. The van der Waals surface area contributed by atoms with E-state index in [0.717, 1.165) is 16.8 Å². The van der Waals surface area contributed by atoms with Crippen LogP contribution in [0.15, 0.2) is 36.4 Å². The summed E-state index contributed by atoms with van der Waals surface area (Å²) in [4.78, 5) is 17.1. The van der Waals surface area contributed by atoms with E-state index in [0.29, 0.717) is 16.8 Å². The predicted octanol–water partition coefficient (Wildman–Crippen LogP) is 3.60. The van der Waals surface area contributed by atoms with Crippen LogP contribution >= 0.6 is 0 Å². The Labute approximate surface area is 154 Å². The van der Waals surface area contributed by atoms with Gasteiger partial charge in [-0.25, -0.2) is 5.48 Å². The molecule has 6 nitrogen and oxygen atoms in total. The molecule has 2 rings (SSSR count). The smallest absolute Gasteiger partial charge is 0.276 e. The zero-order valence-corrected chi connectivity index (χ0v) is 15.6. The first-order valence-corrected chi connectivity index (χ1v) is 8.46. The van der Waals surface area contributed by atoms with E-state index >= 15 is 0 Å². The number of nitriles is 1. The summed E-state index contributed by atoms with van der Waals surface area (Å²) in [5, 5.41) is 21.0. The molecule has 26 heavy (non-hydrogen) atoms. The maximum absolute atomic E-state index is 12.2. The van der Waals surface area contributed by atoms with Crippen LogP contribution in [0.5, 0.6) is 0 Å². The molecule has 2 aromatic carbocycles. The highest BCUT2D eigenvalue weighted by Gasteiger charge is 2.13. The Morgan fingerprint density at radius 2 is 1.88 bits per heavy atom. The molecular formula is C20H25N3O3. The standard InChI is InChI=1S/C18H19N3O3.C2H6/c1-12-3-6-16(13(2)9-12)20-17-10-14(11-19)4-5-15(17)18(23)21-24-8-7-22;1-2/h3-6,9-10,20,22H,7-8H2,1-2H3,(H,21,23);1-2H3. The Balaban J connectivity index is 0.00000163. The number of hydrogen-bond donors (Lipinski definition) is 3. The van der Waals surface area contributed by atoms with E-state index in [4.69, 9.17) is 15.2 Å².